The fourth-order valence-corrected chi connectivity index (χ4v) is 4.22. The molecule has 1 aromatic heterocycles. The maximum absolute atomic E-state index is 13.7. The van der Waals surface area contributed by atoms with E-state index in [1.54, 1.807) is 67.0 Å². The number of Topliss-reactive ketones (excluding diaryl/α,β-unsaturated/α-hetero) is 1. The molecule has 1 saturated heterocycles. The van der Waals surface area contributed by atoms with Crippen LogP contribution in [0.5, 0.6) is 17.2 Å². The smallest absolute Gasteiger partial charge is 0.295 e. The summed E-state index contributed by atoms with van der Waals surface area (Å²) in [5.41, 5.74) is 1.36. The molecule has 1 unspecified atom stereocenters. The molecule has 184 valence electrons. The molecule has 1 amide bonds. The largest absolute Gasteiger partial charge is 0.872 e. The molecule has 1 atom stereocenters. The number of nitrogens with zero attached hydrogens (tertiary/aromatic N) is 1. The highest BCUT2D eigenvalue weighted by Gasteiger charge is 2.45. The summed E-state index contributed by atoms with van der Waals surface area (Å²) in [5, 5.41) is 13.7. The van der Waals surface area contributed by atoms with Crippen LogP contribution in [0, 0.1) is 0 Å². The summed E-state index contributed by atoms with van der Waals surface area (Å²) in [5.74, 6) is -0.829. The number of likely N-dealkylation sites (tertiary alicyclic amines) is 1. The molecule has 0 spiro atoms. The van der Waals surface area contributed by atoms with E-state index in [4.69, 9.17) is 14.2 Å². The number of pyridine rings is 1. The number of carbonyl (C=O) groups excluding carboxylic acids is 2. The van der Waals surface area contributed by atoms with E-state index >= 15 is 0 Å². The summed E-state index contributed by atoms with van der Waals surface area (Å²) in [4.78, 5) is 30.9. The van der Waals surface area contributed by atoms with Crippen molar-refractivity contribution < 1.29 is 33.9 Å². The van der Waals surface area contributed by atoms with Crippen LogP contribution >= 0.6 is 0 Å². The van der Waals surface area contributed by atoms with Gasteiger partial charge in [0, 0.05) is 22.8 Å². The Morgan fingerprint density at radius 3 is 2.50 bits per heavy atom. The second-order valence-electron chi connectivity index (χ2n) is 8.03. The highest BCUT2D eigenvalue weighted by Crippen LogP contribution is 2.45. The SMILES string of the molecule is C=CCOc1ccc(C([O-])=C2C(=O)C(=O)N(Cc3ccc[nH+]c3)C2c2cccc(OC)c2OC)cc1. The number of amides is 1. The number of ketones is 1. The number of rotatable bonds is 9. The number of aromatic amines is 1. The van der Waals surface area contributed by atoms with Crippen molar-refractivity contribution >= 4 is 17.4 Å². The van der Waals surface area contributed by atoms with E-state index in [0.717, 1.165) is 5.56 Å². The van der Waals surface area contributed by atoms with Crippen molar-refractivity contribution in [3.05, 3.63) is 102 Å². The molecule has 0 saturated carbocycles. The van der Waals surface area contributed by atoms with Gasteiger partial charge in [-0.25, -0.2) is 4.98 Å². The van der Waals surface area contributed by atoms with Crippen molar-refractivity contribution in [3.63, 3.8) is 0 Å². The standard InChI is InChI=1S/C28H26N2O6/c1-4-15-36-20-12-10-19(11-13-20)25(31)23-24(21-8-5-9-22(34-2)27(21)35-3)30(28(33)26(23)32)17-18-7-6-14-29-16-18/h4-14,16,24,31H,1,15,17H2,2-3H3. The predicted octanol–water partition coefficient (Wildman–Crippen LogP) is 2.51. The Labute approximate surface area is 209 Å². The van der Waals surface area contributed by atoms with Gasteiger partial charge in [0.2, 0.25) is 5.78 Å². The zero-order valence-corrected chi connectivity index (χ0v) is 20.0. The zero-order chi connectivity index (χ0) is 25.7. The van der Waals surface area contributed by atoms with Gasteiger partial charge in [-0.1, -0.05) is 42.7 Å². The number of hydrogen-bond donors (Lipinski definition) is 0. The lowest BCUT2D eigenvalue weighted by Gasteiger charge is -2.28. The van der Waals surface area contributed by atoms with Crippen LogP contribution in [0.4, 0.5) is 0 Å². The fourth-order valence-electron chi connectivity index (χ4n) is 4.22. The minimum absolute atomic E-state index is 0.109. The number of ether oxygens (including phenoxy) is 3. The van der Waals surface area contributed by atoms with Gasteiger partial charge in [0.1, 0.15) is 12.4 Å². The lowest BCUT2D eigenvalue weighted by molar-refractivity contribution is -0.378. The average molecular weight is 487 g/mol. The quantitative estimate of drug-likeness (QED) is 0.199. The van der Waals surface area contributed by atoms with Crippen LogP contribution in [0.2, 0.25) is 0 Å². The van der Waals surface area contributed by atoms with E-state index < -0.39 is 23.5 Å². The van der Waals surface area contributed by atoms with Crippen molar-refractivity contribution in [1.29, 1.82) is 0 Å². The Hall–Kier alpha value is -4.59. The molecule has 0 aliphatic carbocycles. The van der Waals surface area contributed by atoms with Gasteiger partial charge in [-0.05, 0) is 29.8 Å². The van der Waals surface area contributed by atoms with Crippen LogP contribution in [0.25, 0.3) is 5.76 Å². The van der Waals surface area contributed by atoms with Gasteiger partial charge in [-0.3, -0.25) is 9.59 Å². The first-order chi connectivity index (χ1) is 17.5. The van der Waals surface area contributed by atoms with E-state index in [1.807, 2.05) is 6.07 Å². The van der Waals surface area contributed by atoms with Crippen molar-refractivity contribution in [2.45, 2.75) is 12.6 Å². The van der Waals surface area contributed by atoms with Gasteiger partial charge in [0.25, 0.3) is 5.91 Å². The summed E-state index contributed by atoms with van der Waals surface area (Å²) in [6.07, 6.45) is 5.09. The predicted molar refractivity (Wildman–Crippen MR) is 130 cm³/mol. The molecule has 2 heterocycles. The van der Waals surface area contributed by atoms with Crippen molar-refractivity contribution in [2.24, 2.45) is 0 Å². The number of hydrogen-bond acceptors (Lipinski definition) is 6. The third-order valence-electron chi connectivity index (χ3n) is 5.87. The molecule has 1 aliphatic heterocycles. The molecule has 1 fully saturated rings. The van der Waals surface area contributed by atoms with Gasteiger partial charge >= 0.3 is 0 Å². The number of benzene rings is 2. The summed E-state index contributed by atoms with van der Waals surface area (Å²) >= 11 is 0. The summed E-state index contributed by atoms with van der Waals surface area (Å²) in [6, 6.07) is 14.2. The maximum atomic E-state index is 13.7. The zero-order valence-electron chi connectivity index (χ0n) is 20.0. The Kier molecular flexibility index (Phi) is 7.34. The van der Waals surface area contributed by atoms with Crippen LogP contribution in [0.3, 0.4) is 0 Å². The molecule has 36 heavy (non-hydrogen) atoms. The van der Waals surface area contributed by atoms with Crippen LogP contribution in [-0.4, -0.2) is 37.4 Å². The number of nitrogens with one attached hydrogen (secondary N) is 1. The lowest BCUT2D eigenvalue weighted by Crippen LogP contribution is -2.30. The van der Waals surface area contributed by atoms with Gasteiger partial charge < -0.3 is 24.2 Å². The lowest BCUT2D eigenvalue weighted by atomic mass is 9.94. The molecule has 0 bridgehead atoms. The number of carbonyl (C=O) groups is 2. The molecule has 8 nitrogen and oxygen atoms in total. The van der Waals surface area contributed by atoms with Gasteiger partial charge in [-0.2, -0.15) is 0 Å². The fraction of sp³-hybridized carbons (Fsp3) is 0.179. The Morgan fingerprint density at radius 1 is 1.08 bits per heavy atom. The molecular weight excluding hydrogens is 460 g/mol. The molecule has 1 aliphatic rings. The minimum atomic E-state index is -0.973. The van der Waals surface area contributed by atoms with Crippen LogP contribution in [0.1, 0.15) is 22.7 Å². The highest BCUT2D eigenvalue weighted by molar-refractivity contribution is 6.46. The molecule has 2 aromatic carbocycles. The Balaban J connectivity index is 1.87. The van der Waals surface area contributed by atoms with Gasteiger partial charge in [0.15, 0.2) is 23.9 Å². The molecular formula is C28H26N2O6. The Morgan fingerprint density at radius 2 is 1.86 bits per heavy atom. The van der Waals surface area contributed by atoms with Crippen LogP contribution in [-0.2, 0) is 16.1 Å². The summed E-state index contributed by atoms with van der Waals surface area (Å²) in [7, 11) is 2.97. The van der Waals surface area contributed by atoms with Crippen LogP contribution < -0.4 is 24.3 Å². The molecule has 1 N–H and O–H groups in total. The second-order valence-corrected chi connectivity index (χ2v) is 8.03. The number of methoxy groups -OCH3 is 2. The highest BCUT2D eigenvalue weighted by atomic mass is 16.5. The number of para-hydroxylation sites is 1. The maximum Gasteiger partial charge on any atom is 0.295 e. The first-order valence-corrected chi connectivity index (χ1v) is 11.3. The average Bonchev–Trinajstić information content (AvgIpc) is 3.16. The van der Waals surface area contributed by atoms with E-state index in [0.29, 0.717) is 29.4 Å². The van der Waals surface area contributed by atoms with E-state index in [1.165, 1.54) is 19.1 Å². The third kappa shape index (κ3) is 4.65. The van der Waals surface area contributed by atoms with Crippen molar-refractivity contribution in [2.75, 3.05) is 20.8 Å². The second kappa shape index (κ2) is 10.8. The molecule has 0 radical (unpaired) electrons. The van der Waals surface area contributed by atoms with Crippen molar-refractivity contribution in [1.82, 2.24) is 4.90 Å². The number of aromatic nitrogens is 1. The minimum Gasteiger partial charge on any atom is -0.872 e. The number of H-pyrrole nitrogens is 1. The normalized spacial score (nSPS) is 16.6. The topological polar surface area (TPSA) is 102 Å². The molecule has 3 aromatic rings. The van der Waals surface area contributed by atoms with E-state index in [2.05, 4.69) is 11.6 Å². The van der Waals surface area contributed by atoms with Crippen molar-refractivity contribution in [3.8, 4) is 17.2 Å². The third-order valence-corrected chi connectivity index (χ3v) is 5.87. The Bertz CT molecular complexity index is 1300. The monoisotopic (exact) mass is 486 g/mol. The van der Waals surface area contributed by atoms with Gasteiger partial charge in [-0.15, -0.1) is 0 Å². The first kappa shape index (κ1) is 24.5. The molecule has 4 rings (SSSR count). The molecule has 8 heteroatoms. The summed E-state index contributed by atoms with van der Waals surface area (Å²) in [6.45, 7) is 4.04. The van der Waals surface area contributed by atoms with E-state index in [-0.39, 0.29) is 17.7 Å². The first-order valence-electron chi connectivity index (χ1n) is 11.3. The van der Waals surface area contributed by atoms with E-state index in [9.17, 15) is 14.7 Å². The summed E-state index contributed by atoms with van der Waals surface area (Å²) < 4.78 is 16.5. The van der Waals surface area contributed by atoms with Gasteiger partial charge in [0.05, 0.1) is 26.8 Å². The van der Waals surface area contributed by atoms with Crippen LogP contribution in [0.15, 0.2) is 85.2 Å².